The van der Waals surface area contributed by atoms with Crippen LogP contribution in [0.1, 0.15) is 34.1 Å². The molecule has 27 heavy (non-hydrogen) atoms. The summed E-state index contributed by atoms with van der Waals surface area (Å²) in [5, 5.41) is 2.91. The third-order valence-corrected chi connectivity index (χ3v) is 4.91. The van der Waals surface area contributed by atoms with E-state index in [-0.39, 0.29) is 5.91 Å². The number of amides is 1. The number of carbonyl (C=O) groups is 1. The van der Waals surface area contributed by atoms with Gasteiger partial charge in [-0.25, -0.2) is 9.97 Å². The van der Waals surface area contributed by atoms with Crippen LogP contribution >= 0.6 is 0 Å². The molecule has 5 heteroatoms. The van der Waals surface area contributed by atoms with Gasteiger partial charge in [-0.05, 0) is 47.7 Å². The fourth-order valence-corrected chi connectivity index (χ4v) is 3.31. The van der Waals surface area contributed by atoms with Crippen LogP contribution in [0.2, 0.25) is 0 Å². The van der Waals surface area contributed by atoms with Gasteiger partial charge in [-0.15, -0.1) is 0 Å². The summed E-state index contributed by atoms with van der Waals surface area (Å²) >= 11 is 0. The van der Waals surface area contributed by atoms with Crippen molar-refractivity contribution in [3.63, 3.8) is 0 Å². The Bertz CT molecular complexity index is 953. The molecule has 3 aromatic rings. The second-order valence-electron chi connectivity index (χ2n) is 6.69. The highest BCUT2D eigenvalue weighted by molar-refractivity contribution is 6.02. The first-order valence-electron chi connectivity index (χ1n) is 9.28. The van der Waals surface area contributed by atoms with E-state index >= 15 is 0 Å². The van der Waals surface area contributed by atoms with E-state index in [1.54, 1.807) is 12.3 Å². The van der Waals surface area contributed by atoms with Gasteiger partial charge in [0.15, 0.2) is 0 Å². The van der Waals surface area contributed by atoms with E-state index in [1.165, 1.54) is 16.7 Å². The molecule has 0 bridgehead atoms. The smallest absolute Gasteiger partial charge is 0.274 e. The summed E-state index contributed by atoms with van der Waals surface area (Å²) in [4.78, 5) is 23.6. The van der Waals surface area contributed by atoms with Crippen LogP contribution in [0.5, 0.6) is 0 Å². The van der Waals surface area contributed by atoms with Crippen LogP contribution < -0.4 is 10.2 Å². The Kier molecular flexibility index (Phi) is 4.83. The molecule has 2 heterocycles. The van der Waals surface area contributed by atoms with E-state index in [9.17, 15) is 4.79 Å². The van der Waals surface area contributed by atoms with Gasteiger partial charge in [0.1, 0.15) is 5.69 Å². The summed E-state index contributed by atoms with van der Waals surface area (Å²) < 4.78 is 0. The first-order chi connectivity index (χ1) is 13.2. The quantitative estimate of drug-likeness (QED) is 0.769. The molecule has 0 unspecified atom stereocenters. The molecule has 2 aromatic carbocycles. The van der Waals surface area contributed by atoms with Crippen LogP contribution in [0.25, 0.3) is 0 Å². The number of hydrogen-bond acceptors (Lipinski definition) is 4. The molecule has 4 rings (SSSR count). The average molecular weight is 358 g/mol. The minimum atomic E-state index is -0.222. The highest BCUT2D eigenvalue weighted by Gasteiger charge is 2.19. The maximum atomic E-state index is 12.6. The molecular weight excluding hydrogens is 336 g/mol. The van der Waals surface area contributed by atoms with Crippen LogP contribution in [-0.4, -0.2) is 22.4 Å². The molecule has 0 aliphatic carbocycles. The van der Waals surface area contributed by atoms with Crippen LogP contribution in [0, 0.1) is 0 Å². The molecule has 0 radical (unpaired) electrons. The number of nitrogens with zero attached hydrogens (tertiary/aromatic N) is 3. The maximum absolute atomic E-state index is 12.6. The molecule has 5 nitrogen and oxygen atoms in total. The lowest BCUT2D eigenvalue weighted by molar-refractivity contribution is 0.102. The monoisotopic (exact) mass is 358 g/mol. The number of carbonyl (C=O) groups excluding carboxylic acids is 1. The van der Waals surface area contributed by atoms with Crippen LogP contribution in [-0.2, 0) is 19.4 Å². The predicted octanol–water partition coefficient (Wildman–Crippen LogP) is 3.85. The van der Waals surface area contributed by atoms with Crippen LogP contribution in [0.3, 0.4) is 0 Å². The third kappa shape index (κ3) is 3.82. The van der Waals surface area contributed by atoms with Gasteiger partial charge in [-0.2, -0.15) is 0 Å². The van der Waals surface area contributed by atoms with E-state index in [0.29, 0.717) is 11.6 Å². The topological polar surface area (TPSA) is 58.1 Å². The molecule has 1 N–H and O–H groups in total. The zero-order valence-corrected chi connectivity index (χ0v) is 15.4. The second-order valence-corrected chi connectivity index (χ2v) is 6.69. The Morgan fingerprint density at radius 2 is 1.85 bits per heavy atom. The Morgan fingerprint density at radius 3 is 2.63 bits per heavy atom. The molecule has 1 amide bonds. The Morgan fingerprint density at radius 1 is 1.07 bits per heavy atom. The van der Waals surface area contributed by atoms with Gasteiger partial charge in [-0.1, -0.05) is 43.3 Å². The minimum Gasteiger partial charge on any atom is -0.336 e. The van der Waals surface area contributed by atoms with Crippen molar-refractivity contribution < 1.29 is 4.79 Å². The minimum absolute atomic E-state index is 0.222. The molecule has 0 spiro atoms. The lowest BCUT2D eigenvalue weighted by Gasteiger charge is -2.28. The van der Waals surface area contributed by atoms with Gasteiger partial charge in [-0.3, -0.25) is 4.79 Å². The Hall–Kier alpha value is -3.21. The summed E-state index contributed by atoms with van der Waals surface area (Å²) in [5.74, 6) is 0.374. The van der Waals surface area contributed by atoms with Gasteiger partial charge >= 0.3 is 0 Å². The highest BCUT2D eigenvalue weighted by Crippen LogP contribution is 2.22. The fraction of sp³-hybridized carbons (Fsp3) is 0.227. The van der Waals surface area contributed by atoms with Gasteiger partial charge in [0, 0.05) is 25.0 Å². The number of rotatable bonds is 4. The summed E-state index contributed by atoms with van der Waals surface area (Å²) in [6, 6.07) is 18.0. The van der Waals surface area contributed by atoms with Crippen LogP contribution in [0.4, 0.5) is 11.6 Å². The van der Waals surface area contributed by atoms with Crippen molar-refractivity contribution in [3.8, 4) is 0 Å². The van der Waals surface area contributed by atoms with Crippen molar-refractivity contribution in [1.29, 1.82) is 0 Å². The zero-order valence-electron chi connectivity index (χ0n) is 15.4. The van der Waals surface area contributed by atoms with Crippen LogP contribution in [0.15, 0.2) is 60.8 Å². The maximum Gasteiger partial charge on any atom is 0.274 e. The van der Waals surface area contributed by atoms with E-state index in [0.717, 1.165) is 31.6 Å². The Balaban J connectivity index is 1.49. The lowest BCUT2D eigenvalue weighted by atomic mass is 10.0. The van der Waals surface area contributed by atoms with Crippen molar-refractivity contribution in [2.75, 3.05) is 16.8 Å². The number of aryl methyl sites for hydroxylation is 1. The zero-order chi connectivity index (χ0) is 18.6. The number of hydrogen-bond donors (Lipinski definition) is 1. The van der Waals surface area contributed by atoms with Crippen molar-refractivity contribution in [2.45, 2.75) is 26.3 Å². The molecule has 0 saturated carbocycles. The van der Waals surface area contributed by atoms with Crippen molar-refractivity contribution in [3.05, 3.63) is 83.2 Å². The first kappa shape index (κ1) is 17.2. The largest absolute Gasteiger partial charge is 0.336 e. The molecule has 1 aromatic heterocycles. The summed E-state index contributed by atoms with van der Waals surface area (Å²) in [7, 11) is 0. The van der Waals surface area contributed by atoms with E-state index in [2.05, 4.69) is 51.4 Å². The van der Waals surface area contributed by atoms with Crippen molar-refractivity contribution in [1.82, 2.24) is 9.97 Å². The lowest BCUT2D eigenvalue weighted by Crippen LogP contribution is -2.32. The number of anilines is 2. The average Bonchev–Trinajstić information content (AvgIpc) is 2.74. The molecule has 136 valence electrons. The van der Waals surface area contributed by atoms with Gasteiger partial charge < -0.3 is 10.2 Å². The normalized spacial score (nSPS) is 13.1. The van der Waals surface area contributed by atoms with E-state index < -0.39 is 0 Å². The first-order valence-corrected chi connectivity index (χ1v) is 9.28. The SMILES string of the molecule is CCc1ccc(NC(=O)c2ccnc(N3CCc4ccccc4C3)n2)cc1. The fourth-order valence-electron chi connectivity index (χ4n) is 3.31. The predicted molar refractivity (Wildman–Crippen MR) is 107 cm³/mol. The number of fused-ring (bicyclic) bond motifs is 1. The van der Waals surface area contributed by atoms with Gasteiger partial charge in [0.25, 0.3) is 5.91 Å². The number of aromatic nitrogens is 2. The number of benzene rings is 2. The van der Waals surface area contributed by atoms with Crippen molar-refractivity contribution >= 4 is 17.5 Å². The summed E-state index contributed by atoms with van der Waals surface area (Å²) in [6.07, 6.45) is 3.58. The van der Waals surface area contributed by atoms with Gasteiger partial charge in [0.05, 0.1) is 0 Å². The summed E-state index contributed by atoms with van der Waals surface area (Å²) in [5.41, 5.74) is 5.04. The Labute approximate surface area is 159 Å². The van der Waals surface area contributed by atoms with Gasteiger partial charge in [0.2, 0.25) is 5.95 Å². The molecule has 0 atom stereocenters. The van der Waals surface area contributed by atoms with E-state index in [4.69, 9.17) is 0 Å². The molecule has 0 saturated heterocycles. The van der Waals surface area contributed by atoms with Crippen molar-refractivity contribution in [2.24, 2.45) is 0 Å². The number of nitrogens with one attached hydrogen (secondary N) is 1. The molecule has 0 fully saturated rings. The highest BCUT2D eigenvalue weighted by atomic mass is 16.1. The standard InChI is InChI=1S/C22H22N4O/c1-2-16-7-9-19(10-8-16)24-21(27)20-11-13-23-22(25-20)26-14-12-17-5-3-4-6-18(17)15-26/h3-11,13H,2,12,14-15H2,1H3,(H,24,27). The molecule has 1 aliphatic heterocycles. The second kappa shape index (κ2) is 7.58. The van der Waals surface area contributed by atoms with E-state index in [1.807, 2.05) is 24.3 Å². The molecule has 1 aliphatic rings. The summed E-state index contributed by atoms with van der Waals surface area (Å²) in [6.45, 7) is 3.72. The third-order valence-electron chi connectivity index (χ3n) is 4.91. The molecular formula is C22H22N4O.